The molecule has 4 rings (SSSR count). The number of aryl methyl sites for hydroxylation is 1. The van der Waals surface area contributed by atoms with Crippen molar-refractivity contribution >= 4 is 27.0 Å². The second-order valence-corrected chi connectivity index (χ2v) is 7.75. The van der Waals surface area contributed by atoms with E-state index in [0.717, 1.165) is 32.6 Å². The summed E-state index contributed by atoms with van der Waals surface area (Å²) >= 11 is 3.56. The van der Waals surface area contributed by atoms with Crippen LogP contribution in [0.5, 0.6) is 5.75 Å². The van der Waals surface area contributed by atoms with Gasteiger partial charge in [0.2, 0.25) is 0 Å². The molecule has 5 heteroatoms. The second kappa shape index (κ2) is 8.59. The standard InChI is InChI=1S/C23H22BrN3O/c1-16-5-4-6-17(11-16)15-28-22-10-9-19(24)12-18(22)13-25-14-23-26-20-7-2-3-8-21(20)27-23/h2-12,25H,13-15H2,1H3,(H,26,27). The van der Waals surface area contributed by atoms with Crippen molar-refractivity contribution in [2.45, 2.75) is 26.6 Å². The van der Waals surface area contributed by atoms with E-state index in [-0.39, 0.29) is 0 Å². The molecular formula is C23H22BrN3O. The van der Waals surface area contributed by atoms with Crippen molar-refractivity contribution in [3.63, 3.8) is 0 Å². The fourth-order valence-electron chi connectivity index (χ4n) is 3.19. The van der Waals surface area contributed by atoms with Crippen LogP contribution in [0.15, 0.2) is 71.2 Å². The first-order chi connectivity index (χ1) is 13.7. The number of ether oxygens (including phenoxy) is 1. The van der Waals surface area contributed by atoms with Crippen molar-refractivity contribution in [2.75, 3.05) is 0 Å². The third kappa shape index (κ3) is 4.61. The molecule has 0 unspecified atom stereocenters. The second-order valence-electron chi connectivity index (χ2n) is 6.83. The molecule has 0 bridgehead atoms. The number of para-hydroxylation sites is 2. The van der Waals surface area contributed by atoms with Crippen LogP contribution in [-0.4, -0.2) is 9.97 Å². The first kappa shape index (κ1) is 18.7. The van der Waals surface area contributed by atoms with Gasteiger partial charge in [-0.25, -0.2) is 4.98 Å². The maximum absolute atomic E-state index is 6.10. The van der Waals surface area contributed by atoms with Crippen molar-refractivity contribution in [2.24, 2.45) is 0 Å². The van der Waals surface area contributed by atoms with E-state index < -0.39 is 0 Å². The van der Waals surface area contributed by atoms with E-state index in [1.54, 1.807) is 0 Å². The number of fused-ring (bicyclic) bond motifs is 1. The summed E-state index contributed by atoms with van der Waals surface area (Å²) in [5, 5.41) is 3.46. The fraction of sp³-hybridized carbons (Fsp3) is 0.174. The van der Waals surface area contributed by atoms with Gasteiger partial charge in [-0.05, 0) is 42.8 Å². The van der Waals surface area contributed by atoms with E-state index >= 15 is 0 Å². The Kier molecular flexibility index (Phi) is 5.74. The minimum absolute atomic E-state index is 0.555. The number of aromatic nitrogens is 2. The fourth-order valence-corrected chi connectivity index (χ4v) is 3.60. The summed E-state index contributed by atoms with van der Waals surface area (Å²) in [6.45, 7) is 4.01. The Bertz CT molecular complexity index is 1060. The number of aromatic amines is 1. The lowest BCUT2D eigenvalue weighted by atomic mass is 10.1. The average molecular weight is 436 g/mol. The van der Waals surface area contributed by atoms with Crippen molar-refractivity contribution in [1.29, 1.82) is 0 Å². The maximum Gasteiger partial charge on any atom is 0.124 e. The topological polar surface area (TPSA) is 49.9 Å². The van der Waals surface area contributed by atoms with Gasteiger partial charge in [0.25, 0.3) is 0 Å². The molecule has 0 amide bonds. The molecular weight excluding hydrogens is 414 g/mol. The number of hydrogen-bond donors (Lipinski definition) is 2. The minimum atomic E-state index is 0.555. The SMILES string of the molecule is Cc1cccc(COc2ccc(Br)cc2CNCc2nc3ccccc3[nH]2)c1. The number of imidazole rings is 1. The van der Waals surface area contributed by atoms with E-state index in [9.17, 15) is 0 Å². The number of rotatable bonds is 7. The van der Waals surface area contributed by atoms with E-state index in [1.807, 2.05) is 36.4 Å². The van der Waals surface area contributed by atoms with Gasteiger partial charge in [-0.15, -0.1) is 0 Å². The van der Waals surface area contributed by atoms with Gasteiger partial charge in [0, 0.05) is 16.6 Å². The Balaban J connectivity index is 1.41. The van der Waals surface area contributed by atoms with Crippen molar-refractivity contribution < 1.29 is 4.74 Å². The van der Waals surface area contributed by atoms with Crippen LogP contribution in [0, 0.1) is 6.92 Å². The molecule has 3 aromatic carbocycles. The van der Waals surface area contributed by atoms with Crippen molar-refractivity contribution in [3.05, 3.63) is 93.7 Å². The zero-order chi connectivity index (χ0) is 19.3. The zero-order valence-corrected chi connectivity index (χ0v) is 17.3. The summed E-state index contributed by atoms with van der Waals surface area (Å²) in [5.41, 5.74) is 5.57. The summed E-state index contributed by atoms with van der Waals surface area (Å²) in [5.74, 6) is 1.82. The molecule has 0 saturated heterocycles. The Labute approximate surface area is 173 Å². The first-order valence-electron chi connectivity index (χ1n) is 9.28. The predicted octanol–water partition coefficient (Wildman–Crippen LogP) is 5.50. The van der Waals surface area contributed by atoms with Crippen LogP contribution in [-0.2, 0) is 19.7 Å². The first-order valence-corrected chi connectivity index (χ1v) is 10.1. The molecule has 0 atom stereocenters. The highest BCUT2D eigenvalue weighted by Crippen LogP contribution is 2.24. The lowest BCUT2D eigenvalue weighted by Crippen LogP contribution is -2.14. The Morgan fingerprint density at radius 1 is 1.00 bits per heavy atom. The van der Waals surface area contributed by atoms with Crippen LogP contribution in [0.25, 0.3) is 11.0 Å². The van der Waals surface area contributed by atoms with Gasteiger partial charge in [0.1, 0.15) is 18.2 Å². The number of H-pyrrole nitrogens is 1. The van der Waals surface area contributed by atoms with Crippen LogP contribution >= 0.6 is 15.9 Å². The summed E-state index contributed by atoms with van der Waals surface area (Å²) in [4.78, 5) is 7.96. The minimum Gasteiger partial charge on any atom is -0.489 e. The molecule has 1 aromatic heterocycles. The monoisotopic (exact) mass is 435 g/mol. The molecule has 0 aliphatic heterocycles. The van der Waals surface area contributed by atoms with Gasteiger partial charge < -0.3 is 15.0 Å². The molecule has 1 heterocycles. The number of hydrogen-bond acceptors (Lipinski definition) is 3. The van der Waals surface area contributed by atoms with Crippen molar-refractivity contribution in [1.82, 2.24) is 15.3 Å². The largest absolute Gasteiger partial charge is 0.489 e. The number of nitrogens with one attached hydrogen (secondary N) is 2. The third-order valence-electron chi connectivity index (χ3n) is 4.55. The highest BCUT2D eigenvalue weighted by molar-refractivity contribution is 9.10. The van der Waals surface area contributed by atoms with Gasteiger partial charge in [-0.1, -0.05) is 57.9 Å². The van der Waals surface area contributed by atoms with Gasteiger partial charge in [-0.3, -0.25) is 0 Å². The Hall–Kier alpha value is -2.63. The molecule has 0 aliphatic carbocycles. The molecule has 142 valence electrons. The summed E-state index contributed by atoms with van der Waals surface area (Å²) in [6, 6.07) is 22.6. The Morgan fingerprint density at radius 3 is 2.75 bits per heavy atom. The third-order valence-corrected chi connectivity index (χ3v) is 5.04. The smallest absolute Gasteiger partial charge is 0.124 e. The summed E-state index contributed by atoms with van der Waals surface area (Å²) in [6.07, 6.45) is 0. The summed E-state index contributed by atoms with van der Waals surface area (Å²) in [7, 11) is 0. The molecule has 2 N–H and O–H groups in total. The van der Waals surface area contributed by atoms with Crippen LogP contribution in [0.2, 0.25) is 0 Å². The van der Waals surface area contributed by atoms with E-state index in [2.05, 4.69) is 68.5 Å². The van der Waals surface area contributed by atoms with E-state index in [1.165, 1.54) is 11.1 Å². The van der Waals surface area contributed by atoms with Crippen LogP contribution in [0.4, 0.5) is 0 Å². The normalized spacial score (nSPS) is 11.1. The summed E-state index contributed by atoms with van der Waals surface area (Å²) < 4.78 is 7.14. The molecule has 4 nitrogen and oxygen atoms in total. The molecule has 0 saturated carbocycles. The average Bonchev–Trinajstić information content (AvgIpc) is 3.10. The number of halogens is 1. The predicted molar refractivity (Wildman–Crippen MR) is 116 cm³/mol. The lowest BCUT2D eigenvalue weighted by Gasteiger charge is -2.13. The van der Waals surface area contributed by atoms with Gasteiger partial charge in [0.15, 0.2) is 0 Å². The zero-order valence-electron chi connectivity index (χ0n) is 15.7. The molecule has 0 fully saturated rings. The molecule has 0 aliphatic rings. The molecule has 4 aromatic rings. The van der Waals surface area contributed by atoms with Gasteiger partial charge in [0.05, 0.1) is 17.6 Å². The van der Waals surface area contributed by atoms with Crippen LogP contribution in [0.3, 0.4) is 0 Å². The number of benzene rings is 3. The lowest BCUT2D eigenvalue weighted by molar-refractivity contribution is 0.302. The van der Waals surface area contributed by atoms with Crippen LogP contribution < -0.4 is 10.1 Å². The highest BCUT2D eigenvalue weighted by atomic mass is 79.9. The number of nitrogens with zero attached hydrogens (tertiary/aromatic N) is 1. The van der Waals surface area contributed by atoms with E-state index in [4.69, 9.17) is 4.74 Å². The highest BCUT2D eigenvalue weighted by Gasteiger charge is 2.07. The van der Waals surface area contributed by atoms with Gasteiger partial charge >= 0.3 is 0 Å². The maximum atomic E-state index is 6.10. The van der Waals surface area contributed by atoms with Crippen LogP contribution in [0.1, 0.15) is 22.5 Å². The van der Waals surface area contributed by atoms with E-state index in [0.29, 0.717) is 19.7 Å². The quantitative estimate of drug-likeness (QED) is 0.402. The van der Waals surface area contributed by atoms with Crippen molar-refractivity contribution in [3.8, 4) is 5.75 Å². The molecule has 0 radical (unpaired) electrons. The molecule has 28 heavy (non-hydrogen) atoms. The molecule has 0 spiro atoms. The Morgan fingerprint density at radius 2 is 1.89 bits per heavy atom. The van der Waals surface area contributed by atoms with Gasteiger partial charge in [-0.2, -0.15) is 0 Å².